The van der Waals surface area contributed by atoms with Crippen LogP contribution in [0.15, 0.2) is 54.6 Å². The molecule has 2 atom stereocenters. The summed E-state index contributed by atoms with van der Waals surface area (Å²) in [6, 6.07) is 16.5. The summed E-state index contributed by atoms with van der Waals surface area (Å²) >= 11 is 6.54. The number of hydrogen-bond donors (Lipinski definition) is 5. The van der Waals surface area contributed by atoms with Crippen LogP contribution < -0.4 is 10.5 Å². The van der Waals surface area contributed by atoms with Gasteiger partial charge in [0.15, 0.2) is 5.65 Å². The number of halogens is 1. The number of aliphatic hydroxyl groups excluding tert-OH is 1. The topological polar surface area (TPSA) is 163 Å². The minimum absolute atomic E-state index is 0.183. The summed E-state index contributed by atoms with van der Waals surface area (Å²) in [5, 5.41) is 25.2. The molecule has 10 nitrogen and oxygen atoms in total. The van der Waals surface area contributed by atoms with Crippen molar-refractivity contribution >= 4 is 34.7 Å². The van der Waals surface area contributed by atoms with Crippen molar-refractivity contribution in [3.8, 4) is 28.4 Å². The fourth-order valence-electron chi connectivity index (χ4n) is 3.97. The van der Waals surface area contributed by atoms with Gasteiger partial charge in [0.05, 0.1) is 35.6 Å². The fourth-order valence-corrected chi connectivity index (χ4v) is 4.23. The Morgan fingerprint density at radius 2 is 1.69 bits per heavy atom. The first kappa shape index (κ1) is 23.7. The van der Waals surface area contributed by atoms with E-state index in [1.165, 1.54) is 0 Å². The van der Waals surface area contributed by atoms with Crippen LogP contribution in [0.2, 0.25) is 5.02 Å². The number of benzene rings is 2. The number of ether oxygens (including phenoxy) is 3. The zero-order valence-corrected chi connectivity index (χ0v) is 19.7. The summed E-state index contributed by atoms with van der Waals surface area (Å²) in [5.41, 5.74) is 10.1. The molecule has 1 aliphatic rings. The third-order valence-corrected chi connectivity index (χ3v) is 5.97. The average molecular weight is 507 g/mol. The van der Waals surface area contributed by atoms with E-state index in [2.05, 4.69) is 15.0 Å². The van der Waals surface area contributed by atoms with Gasteiger partial charge in [-0.1, -0.05) is 48.0 Å². The Kier molecular flexibility index (Phi) is 6.55. The zero-order chi connectivity index (χ0) is 25.2. The van der Waals surface area contributed by atoms with E-state index in [4.69, 9.17) is 42.4 Å². The predicted octanol–water partition coefficient (Wildman–Crippen LogP) is 3.71. The number of H-pyrrole nitrogens is 1. The number of nitrogens with one attached hydrogen (secondary N) is 3. The molecule has 184 valence electrons. The van der Waals surface area contributed by atoms with Crippen molar-refractivity contribution in [2.24, 2.45) is 5.73 Å². The Hall–Kier alpha value is -3.99. The summed E-state index contributed by atoms with van der Waals surface area (Å²) in [6.07, 6.45) is -0.374. The van der Waals surface area contributed by atoms with Crippen LogP contribution in [0.5, 0.6) is 6.01 Å². The molecule has 0 bridgehead atoms. The summed E-state index contributed by atoms with van der Waals surface area (Å²) < 4.78 is 16.0. The minimum atomic E-state index is -0.553. The van der Waals surface area contributed by atoms with E-state index >= 15 is 0 Å². The lowest BCUT2D eigenvalue weighted by atomic mass is 10.0. The van der Waals surface area contributed by atoms with Gasteiger partial charge in [-0.2, -0.15) is 4.98 Å². The first-order valence-electron chi connectivity index (χ1n) is 11.2. The minimum Gasteiger partial charge on any atom is -0.459 e. The number of rotatable bonds is 5. The molecule has 0 aliphatic carbocycles. The number of aliphatic hydroxyl groups is 1. The van der Waals surface area contributed by atoms with E-state index in [1.54, 1.807) is 18.2 Å². The quantitative estimate of drug-likeness (QED) is 0.203. The normalized spacial score (nSPS) is 17.6. The first-order valence-corrected chi connectivity index (χ1v) is 11.5. The molecule has 0 radical (unpaired) electrons. The van der Waals surface area contributed by atoms with Gasteiger partial charge in [0, 0.05) is 17.5 Å². The van der Waals surface area contributed by atoms with Crippen molar-refractivity contribution in [3.05, 3.63) is 65.2 Å². The van der Waals surface area contributed by atoms with Crippen LogP contribution in [0, 0.1) is 10.8 Å². The highest BCUT2D eigenvalue weighted by atomic mass is 35.5. The fraction of sp³-hybridized carbons (Fsp3) is 0.200. The monoisotopic (exact) mass is 506 g/mol. The second-order valence-corrected chi connectivity index (χ2v) is 8.76. The number of hydrogen-bond acceptors (Lipinski definition) is 8. The van der Waals surface area contributed by atoms with Gasteiger partial charge >= 0.3 is 0 Å². The molecule has 1 fully saturated rings. The van der Waals surface area contributed by atoms with Gasteiger partial charge in [-0.15, -0.1) is 0 Å². The molecule has 2 aromatic carbocycles. The lowest BCUT2D eigenvalue weighted by Crippen LogP contribution is -2.36. The van der Waals surface area contributed by atoms with Crippen molar-refractivity contribution in [1.82, 2.24) is 15.0 Å². The van der Waals surface area contributed by atoms with Gasteiger partial charge < -0.3 is 30.0 Å². The number of aromatic amines is 1. The molecule has 11 heteroatoms. The Labute approximate surface area is 211 Å². The number of pyridine rings is 1. The van der Waals surface area contributed by atoms with Crippen molar-refractivity contribution in [3.63, 3.8) is 0 Å². The Bertz CT molecular complexity index is 1420. The van der Waals surface area contributed by atoms with Gasteiger partial charge in [0.25, 0.3) is 12.0 Å². The van der Waals surface area contributed by atoms with Crippen LogP contribution in [0.1, 0.15) is 12.0 Å². The maximum absolute atomic E-state index is 9.76. The highest BCUT2D eigenvalue weighted by molar-refractivity contribution is 6.33. The highest BCUT2D eigenvalue weighted by Crippen LogP contribution is 2.31. The van der Waals surface area contributed by atoms with E-state index in [0.29, 0.717) is 53.1 Å². The van der Waals surface area contributed by atoms with Crippen LogP contribution in [-0.2, 0) is 9.47 Å². The summed E-state index contributed by atoms with van der Waals surface area (Å²) in [5.74, 6) is -0.183. The Morgan fingerprint density at radius 3 is 2.36 bits per heavy atom. The predicted molar refractivity (Wildman–Crippen MR) is 135 cm³/mol. The molecule has 6 N–H and O–H groups in total. The molecule has 2 aromatic heterocycles. The SMILES string of the molecule is N=C(N)OC(=N)c1ccc(-c2ccc(-c3nc4nc(OC5COCC(O)C5)[nH]c4cc3Cl)cc2)cc1. The highest BCUT2D eigenvalue weighted by Gasteiger charge is 2.23. The Morgan fingerprint density at radius 1 is 1.03 bits per heavy atom. The summed E-state index contributed by atoms with van der Waals surface area (Å²) in [4.78, 5) is 12.1. The first-order chi connectivity index (χ1) is 17.4. The van der Waals surface area contributed by atoms with Gasteiger partial charge in [-0.25, -0.2) is 4.98 Å². The molecule has 4 aromatic rings. The van der Waals surface area contributed by atoms with E-state index in [1.807, 2.05) is 36.4 Å². The second-order valence-electron chi connectivity index (χ2n) is 8.35. The van der Waals surface area contributed by atoms with Crippen LogP contribution in [0.25, 0.3) is 33.5 Å². The number of fused-ring (bicyclic) bond motifs is 1. The maximum Gasteiger partial charge on any atom is 0.296 e. The van der Waals surface area contributed by atoms with Crippen molar-refractivity contribution in [2.75, 3.05) is 13.2 Å². The molecule has 5 rings (SSSR count). The number of nitrogens with zero attached hydrogens (tertiary/aromatic N) is 2. The standard InChI is InChI=1S/C25H23ClN6O4/c26-19-10-20-23(32-25(30-20)35-18-9-17(33)11-34-12-18)31-21(19)15-5-1-13(2-6-15)14-3-7-16(8-4-14)22(27)36-24(28)29/h1-8,10,17-18,27,33H,9,11-12H2,(H3,28,29)(H,30,31,32). The molecular formula is C25H23ClN6O4. The molecular weight excluding hydrogens is 484 g/mol. The molecule has 1 aliphatic heterocycles. The zero-order valence-electron chi connectivity index (χ0n) is 19.0. The number of amidine groups is 1. The average Bonchev–Trinajstić information content (AvgIpc) is 3.24. The molecule has 1 saturated heterocycles. The molecule has 0 saturated carbocycles. The van der Waals surface area contributed by atoms with Crippen molar-refractivity contribution < 1.29 is 19.3 Å². The molecule has 36 heavy (non-hydrogen) atoms. The third kappa shape index (κ3) is 5.15. The molecule has 0 amide bonds. The summed E-state index contributed by atoms with van der Waals surface area (Å²) in [7, 11) is 0. The Balaban J connectivity index is 1.34. The maximum atomic E-state index is 9.76. The smallest absolute Gasteiger partial charge is 0.296 e. The lowest BCUT2D eigenvalue weighted by molar-refractivity contribution is -0.0646. The van der Waals surface area contributed by atoms with Gasteiger partial charge in [-0.05, 0) is 29.3 Å². The van der Waals surface area contributed by atoms with E-state index in [9.17, 15) is 5.11 Å². The van der Waals surface area contributed by atoms with Gasteiger partial charge in [-0.3, -0.25) is 10.8 Å². The van der Waals surface area contributed by atoms with E-state index < -0.39 is 12.1 Å². The van der Waals surface area contributed by atoms with Gasteiger partial charge in [0.1, 0.15) is 6.10 Å². The molecule has 2 unspecified atom stereocenters. The van der Waals surface area contributed by atoms with E-state index in [-0.39, 0.29) is 12.0 Å². The van der Waals surface area contributed by atoms with Crippen LogP contribution in [0.3, 0.4) is 0 Å². The van der Waals surface area contributed by atoms with Crippen molar-refractivity contribution in [1.29, 1.82) is 10.8 Å². The number of aromatic nitrogens is 3. The third-order valence-electron chi connectivity index (χ3n) is 5.68. The van der Waals surface area contributed by atoms with Crippen LogP contribution in [-0.4, -0.2) is 57.4 Å². The van der Waals surface area contributed by atoms with Crippen LogP contribution in [0.4, 0.5) is 0 Å². The van der Waals surface area contributed by atoms with E-state index in [0.717, 1.165) is 16.7 Å². The summed E-state index contributed by atoms with van der Waals surface area (Å²) in [6.45, 7) is 0.697. The lowest BCUT2D eigenvalue weighted by Gasteiger charge is -2.25. The van der Waals surface area contributed by atoms with Gasteiger partial charge in [0.2, 0.25) is 5.90 Å². The molecule has 0 spiro atoms. The second kappa shape index (κ2) is 9.94. The largest absolute Gasteiger partial charge is 0.459 e. The number of nitrogens with two attached hydrogens (primary N) is 1. The van der Waals surface area contributed by atoms with Crippen LogP contribution >= 0.6 is 11.6 Å². The molecule has 3 heterocycles. The number of imidazole rings is 1. The van der Waals surface area contributed by atoms with Crippen molar-refractivity contribution in [2.45, 2.75) is 18.6 Å².